The van der Waals surface area contributed by atoms with Crippen molar-refractivity contribution in [3.63, 3.8) is 0 Å². The largest absolute Gasteiger partial charge is 0.414 e. The number of hydrogen-bond donors (Lipinski definition) is 0. The highest BCUT2D eigenvalue weighted by molar-refractivity contribution is 7.99. The van der Waals surface area contributed by atoms with Crippen LogP contribution in [-0.2, 0) is 13.1 Å². The van der Waals surface area contributed by atoms with Gasteiger partial charge in [0.05, 0.1) is 29.5 Å². The highest BCUT2D eigenvalue weighted by atomic mass is 32.2. The van der Waals surface area contributed by atoms with Gasteiger partial charge in [0.15, 0.2) is 0 Å². The zero-order valence-corrected chi connectivity index (χ0v) is 15.8. The first kappa shape index (κ1) is 17.9. The minimum Gasteiger partial charge on any atom is -0.414 e. The number of terminal acetylenes is 1. The van der Waals surface area contributed by atoms with E-state index in [1.807, 2.05) is 24.3 Å². The number of benzene rings is 1. The summed E-state index contributed by atoms with van der Waals surface area (Å²) in [5.41, 5.74) is 2.43. The second-order valence-electron chi connectivity index (χ2n) is 5.94. The van der Waals surface area contributed by atoms with Crippen molar-refractivity contribution >= 4 is 22.8 Å². The summed E-state index contributed by atoms with van der Waals surface area (Å²) in [4.78, 5) is 16.9. The van der Waals surface area contributed by atoms with Gasteiger partial charge in [-0.15, -0.1) is 21.7 Å². The summed E-state index contributed by atoms with van der Waals surface area (Å²) < 4.78 is 8.73. The molecule has 140 valence electrons. The third-order valence-electron chi connectivity index (χ3n) is 3.95. The van der Waals surface area contributed by atoms with Gasteiger partial charge in [-0.2, -0.15) is 0 Å². The predicted octanol–water partition coefficient (Wildman–Crippen LogP) is 1.50. The first-order chi connectivity index (χ1) is 13.6. The highest BCUT2D eigenvalue weighted by Gasteiger charge is 2.12. The number of aryl methyl sites for hydroxylation is 1. The molecule has 0 unspecified atom stereocenters. The van der Waals surface area contributed by atoms with Crippen LogP contribution in [0.5, 0.6) is 0 Å². The molecule has 9 nitrogen and oxygen atoms in total. The van der Waals surface area contributed by atoms with Crippen molar-refractivity contribution in [3.05, 3.63) is 58.1 Å². The summed E-state index contributed by atoms with van der Waals surface area (Å²) in [6, 6.07) is 7.50. The maximum Gasteiger partial charge on any atom is 0.277 e. The van der Waals surface area contributed by atoms with E-state index in [1.165, 1.54) is 11.8 Å². The molecule has 0 aliphatic carbocycles. The molecule has 0 radical (unpaired) electrons. The van der Waals surface area contributed by atoms with Gasteiger partial charge < -0.3 is 4.42 Å². The first-order valence-electron chi connectivity index (χ1n) is 8.38. The van der Waals surface area contributed by atoms with Gasteiger partial charge in [0.1, 0.15) is 17.9 Å². The Hall–Kier alpha value is -3.45. The molecule has 1 aromatic carbocycles. The standard InChI is InChI=1S/C18H15N7O2S/c1-3-8-28-18-22-21-16(27-18)11-24-9-13(20-23-24)10-25-15-7-5-4-6-14(15)19-12(2)17(25)26/h1,4-7,9H,8,10-11H2,2H3. The molecule has 0 aliphatic heterocycles. The molecule has 4 aromatic rings. The molecule has 0 amide bonds. The maximum atomic E-state index is 12.6. The van der Waals surface area contributed by atoms with E-state index in [0.717, 1.165) is 11.0 Å². The Kier molecular flexibility index (Phi) is 4.90. The van der Waals surface area contributed by atoms with E-state index in [0.29, 0.717) is 28.3 Å². The lowest BCUT2D eigenvalue weighted by atomic mass is 10.2. The summed E-state index contributed by atoms with van der Waals surface area (Å²) in [6.07, 6.45) is 6.96. The molecule has 3 aromatic heterocycles. The Labute approximate surface area is 163 Å². The van der Waals surface area contributed by atoms with Crippen LogP contribution in [0.4, 0.5) is 0 Å². The quantitative estimate of drug-likeness (QED) is 0.359. The molecule has 10 heteroatoms. The van der Waals surface area contributed by atoms with Crippen LogP contribution in [0.25, 0.3) is 11.0 Å². The molecule has 4 rings (SSSR count). The van der Waals surface area contributed by atoms with Crippen LogP contribution in [0.15, 0.2) is 44.9 Å². The lowest BCUT2D eigenvalue weighted by Gasteiger charge is -2.09. The maximum absolute atomic E-state index is 12.6. The van der Waals surface area contributed by atoms with E-state index >= 15 is 0 Å². The number of aromatic nitrogens is 7. The van der Waals surface area contributed by atoms with Crippen LogP contribution in [0.2, 0.25) is 0 Å². The number of rotatable bonds is 6. The second kappa shape index (κ2) is 7.66. The Bertz CT molecular complexity index is 1230. The number of nitrogens with zero attached hydrogens (tertiary/aromatic N) is 7. The highest BCUT2D eigenvalue weighted by Crippen LogP contribution is 2.16. The summed E-state index contributed by atoms with van der Waals surface area (Å²) >= 11 is 1.30. The fourth-order valence-corrected chi connectivity index (χ4v) is 3.19. The van der Waals surface area contributed by atoms with Gasteiger partial charge in [-0.25, -0.2) is 9.67 Å². The van der Waals surface area contributed by atoms with Gasteiger partial charge in [0.25, 0.3) is 10.8 Å². The lowest BCUT2D eigenvalue weighted by Crippen LogP contribution is -2.24. The van der Waals surface area contributed by atoms with E-state index in [9.17, 15) is 4.79 Å². The van der Waals surface area contributed by atoms with Crippen molar-refractivity contribution in [2.75, 3.05) is 5.75 Å². The van der Waals surface area contributed by atoms with Crippen LogP contribution in [0, 0.1) is 19.3 Å². The Morgan fingerprint density at radius 3 is 2.93 bits per heavy atom. The molecule has 0 N–H and O–H groups in total. The zero-order chi connectivity index (χ0) is 19.5. The third-order valence-corrected chi connectivity index (χ3v) is 4.67. The predicted molar refractivity (Wildman–Crippen MR) is 103 cm³/mol. The number of fused-ring (bicyclic) bond motifs is 1. The van der Waals surface area contributed by atoms with Crippen molar-refractivity contribution in [2.45, 2.75) is 25.2 Å². The van der Waals surface area contributed by atoms with E-state index < -0.39 is 0 Å². The van der Waals surface area contributed by atoms with E-state index in [-0.39, 0.29) is 18.6 Å². The summed E-state index contributed by atoms with van der Waals surface area (Å²) in [6.45, 7) is 2.27. The van der Waals surface area contributed by atoms with E-state index in [1.54, 1.807) is 22.4 Å². The summed E-state index contributed by atoms with van der Waals surface area (Å²) in [5.74, 6) is 3.36. The molecule has 0 fully saturated rings. The van der Waals surface area contributed by atoms with Gasteiger partial charge >= 0.3 is 0 Å². The molecule has 0 aliphatic rings. The molecular weight excluding hydrogens is 378 g/mol. The smallest absolute Gasteiger partial charge is 0.277 e. The Morgan fingerprint density at radius 1 is 1.21 bits per heavy atom. The van der Waals surface area contributed by atoms with Crippen LogP contribution in [0.3, 0.4) is 0 Å². The Balaban J connectivity index is 1.55. The van der Waals surface area contributed by atoms with Gasteiger partial charge in [-0.1, -0.05) is 35.0 Å². The molecule has 0 saturated carbocycles. The summed E-state index contributed by atoms with van der Waals surface area (Å²) in [7, 11) is 0. The van der Waals surface area contributed by atoms with Gasteiger partial charge in [-0.05, 0) is 19.1 Å². The average Bonchev–Trinajstić information content (AvgIpc) is 3.33. The number of hydrogen-bond acceptors (Lipinski definition) is 8. The van der Waals surface area contributed by atoms with Crippen molar-refractivity contribution in [2.24, 2.45) is 0 Å². The van der Waals surface area contributed by atoms with Crippen LogP contribution < -0.4 is 5.56 Å². The van der Waals surface area contributed by atoms with Gasteiger partial charge in [0.2, 0.25) is 5.89 Å². The zero-order valence-electron chi connectivity index (χ0n) is 14.9. The fourth-order valence-electron chi connectivity index (χ4n) is 2.73. The van der Waals surface area contributed by atoms with Crippen LogP contribution >= 0.6 is 11.8 Å². The third kappa shape index (κ3) is 3.65. The number of para-hydroxylation sites is 2. The van der Waals surface area contributed by atoms with Crippen LogP contribution in [0.1, 0.15) is 17.3 Å². The molecule has 3 heterocycles. The molecule has 0 saturated heterocycles. The van der Waals surface area contributed by atoms with Gasteiger partial charge in [0, 0.05) is 0 Å². The fraction of sp³-hybridized carbons (Fsp3) is 0.222. The second-order valence-corrected chi connectivity index (χ2v) is 6.87. The average molecular weight is 393 g/mol. The van der Waals surface area contributed by atoms with Crippen molar-refractivity contribution in [3.8, 4) is 12.3 Å². The van der Waals surface area contributed by atoms with Crippen LogP contribution in [-0.4, -0.2) is 40.5 Å². The Morgan fingerprint density at radius 2 is 2.07 bits per heavy atom. The number of thioether (sulfide) groups is 1. The molecule has 0 bridgehead atoms. The molecule has 0 spiro atoms. The van der Waals surface area contributed by atoms with Gasteiger partial charge in [-0.3, -0.25) is 9.36 Å². The minimum absolute atomic E-state index is 0.152. The molecule has 28 heavy (non-hydrogen) atoms. The molecular formula is C18H15N7O2S. The van der Waals surface area contributed by atoms with Crippen molar-refractivity contribution in [1.82, 2.24) is 34.7 Å². The van der Waals surface area contributed by atoms with E-state index in [4.69, 9.17) is 10.8 Å². The minimum atomic E-state index is -0.152. The van der Waals surface area contributed by atoms with Crippen molar-refractivity contribution in [1.29, 1.82) is 0 Å². The SMILES string of the molecule is C#CCSc1nnc(Cn2cc(Cn3c(=O)c(C)nc4ccccc43)nn2)o1. The monoisotopic (exact) mass is 393 g/mol. The topological polar surface area (TPSA) is 105 Å². The van der Waals surface area contributed by atoms with E-state index in [2.05, 4.69) is 31.4 Å². The lowest BCUT2D eigenvalue weighted by molar-refractivity contribution is 0.396. The first-order valence-corrected chi connectivity index (χ1v) is 9.36. The molecule has 0 atom stereocenters. The summed E-state index contributed by atoms with van der Waals surface area (Å²) in [5, 5.41) is 16.5. The van der Waals surface area contributed by atoms with Crippen molar-refractivity contribution < 1.29 is 4.42 Å². The normalized spacial score (nSPS) is 11.0.